The minimum atomic E-state index is -3.22. The molecule has 1 aliphatic heterocycles. The average molecular weight is 551 g/mol. The predicted octanol–water partition coefficient (Wildman–Crippen LogP) is 0.999. The molecule has 1 saturated heterocycles. The van der Waals surface area contributed by atoms with Gasteiger partial charge in [0.05, 0.1) is 31.4 Å². The summed E-state index contributed by atoms with van der Waals surface area (Å²) in [7, 11) is -3.22. The molecule has 2 atom stereocenters. The molecule has 0 saturated carbocycles. The van der Waals surface area contributed by atoms with Gasteiger partial charge in [-0.15, -0.1) is 0 Å². The van der Waals surface area contributed by atoms with Gasteiger partial charge in [-0.05, 0) is 67.9 Å². The van der Waals surface area contributed by atoms with Crippen molar-refractivity contribution in [3.05, 3.63) is 59.2 Å². The minimum Gasteiger partial charge on any atom is -0.508 e. The van der Waals surface area contributed by atoms with E-state index in [1.165, 1.54) is 0 Å². The summed E-state index contributed by atoms with van der Waals surface area (Å²) < 4.78 is 24.9. The first kappa shape index (κ1) is 30.0. The van der Waals surface area contributed by atoms with E-state index in [4.69, 9.17) is 0 Å². The Labute approximate surface area is 223 Å². The first-order valence-corrected chi connectivity index (χ1v) is 14.6. The Kier molecular flexibility index (Phi) is 10.3. The molecule has 6 N–H and O–H groups in total. The molecule has 11 heteroatoms. The Morgan fingerprint density at radius 2 is 1.63 bits per heavy atom. The number of anilines is 1. The molecule has 1 heterocycles. The molecular weight excluding hydrogens is 512 g/mol. The lowest BCUT2D eigenvalue weighted by Crippen LogP contribution is -2.55. The number of nitrogens with zero attached hydrogens (tertiary/aromatic N) is 1. The van der Waals surface area contributed by atoms with Crippen LogP contribution in [0.2, 0.25) is 0 Å². The normalized spacial score (nSPS) is 18.0. The Morgan fingerprint density at radius 1 is 0.974 bits per heavy atom. The standard InChI is InChI=1S/C27H38N2O8S/c1-38(36,37)28-14-2-4-19-6-9-21(10-7-19)29-25(23(26(29)34)5-3-15-30)22-11-8-20(16-24(22)33)12-13-27(35,17-31)18-32/h6-11,16,23,25,28,30-33,35H,2-5,12-15,17-18H2,1H3. The van der Waals surface area contributed by atoms with E-state index in [1.807, 2.05) is 24.3 Å². The van der Waals surface area contributed by atoms with Crippen molar-refractivity contribution < 1.29 is 38.7 Å². The molecule has 38 heavy (non-hydrogen) atoms. The van der Waals surface area contributed by atoms with Gasteiger partial charge < -0.3 is 30.4 Å². The molecule has 2 aromatic rings. The second-order valence-corrected chi connectivity index (χ2v) is 11.8. The lowest BCUT2D eigenvalue weighted by Gasteiger charge is -2.48. The van der Waals surface area contributed by atoms with E-state index in [-0.39, 0.29) is 24.7 Å². The summed E-state index contributed by atoms with van der Waals surface area (Å²) in [6, 6.07) is 12.2. The van der Waals surface area contributed by atoms with Crippen molar-refractivity contribution >= 4 is 21.6 Å². The van der Waals surface area contributed by atoms with Crippen LogP contribution in [0.15, 0.2) is 42.5 Å². The van der Waals surface area contributed by atoms with Gasteiger partial charge in [-0.2, -0.15) is 0 Å². The number of hydrogen-bond acceptors (Lipinski definition) is 8. The van der Waals surface area contributed by atoms with Crippen molar-refractivity contribution in [2.45, 2.75) is 50.2 Å². The second-order valence-electron chi connectivity index (χ2n) is 10.00. The van der Waals surface area contributed by atoms with E-state index in [1.54, 1.807) is 23.1 Å². The van der Waals surface area contributed by atoms with Gasteiger partial charge in [-0.3, -0.25) is 4.79 Å². The Bertz CT molecular complexity index is 1180. The average Bonchev–Trinajstić information content (AvgIpc) is 2.89. The third-order valence-corrected chi connectivity index (χ3v) is 7.72. The molecule has 1 aliphatic rings. The third kappa shape index (κ3) is 7.52. The highest BCUT2D eigenvalue weighted by molar-refractivity contribution is 7.88. The smallest absolute Gasteiger partial charge is 0.233 e. The van der Waals surface area contributed by atoms with Crippen LogP contribution in [0.1, 0.15) is 48.4 Å². The number of aromatic hydroxyl groups is 1. The van der Waals surface area contributed by atoms with E-state index in [9.17, 15) is 38.7 Å². The first-order chi connectivity index (χ1) is 18.0. The highest BCUT2D eigenvalue weighted by Crippen LogP contribution is 2.48. The van der Waals surface area contributed by atoms with Gasteiger partial charge in [0.1, 0.15) is 11.4 Å². The van der Waals surface area contributed by atoms with Gasteiger partial charge >= 0.3 is 0 Å². The number of hydrogen-bond donors (Lipinski definition) is 6. The number of aliphatic hydroxyl groups excluding tert-OH is 3. The molecule has 1 fully saturated rings. The molecule has 2 unspecified atom stereocenters. The first-order valence-electron chi connectivity index (χ1n) is 12.8. The molecular formula is C27H38N2O8S. The van der Waals surface area contributed by atoms with E-state index in [0.29, 0.717) is 55.5 Å². The number of phenols is 1. The Balaban J connectivity index is 1.76. The molecule has 0 spiro atoms. The van der Waals surface area contributed by atoms with Gasteiger partial charge in [0.25, 0.3) is 0 Å². The largest absolute Gasteiger partial charge is 0.508 e. The zero-order valence-corrected chi connectivity index (χ0v) is 22.4. The van der Waals surface area contributed by atoms with Crippen LogP contribution in [0, 0.1) is 5.92 Å². The maximum atomic E-state index is 13.1. The zero-order chi connectivity index (χ0) is 27.9. The third-order valence-electron chi connectivity index (χ3n) is 6.99. The second kappa shape index (κ2) is 13.0. The molecule has 10 nitrogen and oxygen atoms in total. The van der Waals surface area contributed by atoms with Crippen molar-refractivity contribution in [1.29, 1.82) is 0 Å². The van der Waals surface area contributed by atoms with Crippen LogP contribution in [0.25, 0.3) is 0 Å². The molecule has 0 bridgehead atoms. The van der Waals surface area contributed by atoms with Crippen molar-refractivity contribution in [3.63, 3.8) is 0 Å². The van der Waals surface area contributed by atoms with Crippen molar-refractivity contribution in [2.75, 3.05) is 37.5 Å². The minimum absolute atomic E-state index is 0.00512. The highest BCUT2D eigenvalue weighted by atomic mass is 32.2. The van der Waals surface area contributed by atoms with Gasteiger partial charge in [0.2, 0.25) is 15.9 Å². The van der Waals surface area contributed by atoms with Crippen molar-refractivity contribution in [1.82, 2.24) is 4.72 Å². The number of aliphatic hydroxyl groups is 4. The van der Waals surface area contributed by atoms with Gasteiger partial charge in [0, 0.05) is 24.4 Å². The van der Waals surface area contributed by atoms with Crippen LogP contribution in [-0.2, 0) is 27.7 Å². The van der Waals surface area contributed by atoms with Gasteiger partial charge in [0.15, 0.2) is 0 Å². The summed E-state index contributed by atoms with van der Waals surface area (Å²) in [5.41, 5.74) is 1.37. The van der Waals surface area contributed by atoms with E-state index < -0.39 is 40.8 Å². The number of rotatable bonds is 15. The van der Waals surface area contributed by atoms with Crippen LogP contribution >= 0.6 is 0 Å². The monoisotopic (exact) mass is 550 g/mol. The van der Waals surface area contributed by atoms with Crippen LogP contribution in [0.4, 0.5) is 5.69 Å². The van der Waals surface area contributed by atoms with Crippen LogP contribution in [-0.4, -0.2) is 78.1 Å². The fourth-order valence-electron chi connectivity index (χ4n) is 4.74. The van der Waals surface area contributed by atoms with Crippen molar-refractivity contribution in [2.24, 2.45) is 5.92 Å². The summed E-state index contributed by atoms with van der Waals surface area (Å²) >= 11 is 0. The van der Waals surface area contributed by atoms with Gasteiger partial charge in [-0.25, -0.2) is 13.1 Å². The summed E-state index contributed by atoms with van der Waals surface area (Å²) in [6.07, 6.45) is 3.80. The Morgan fingerprint density at radius 3 is 2.21 bits per heavy atom. The molecule has 2 aromatic carbocycles. The number of benzene rings is 2. The number of nitrogens with one attached hydrogen (secondary N) is 1. The number of sulfonamides is 1. The molecule has 0 radical (unpaired) electrons. The highest BCUT2D eigenvalue weighted by Gasteiger charge is 2.49. The molecule has 0 aliphatic carbocycles. The van der Waals surface area contributed by atoms with Crippen LogP contribution < -0.4 is 9.62 Å². The summed E-state index contributed by atoms with van der Waals surface area (Å²) in [4.78, 5) is 14.8. The quantitative estimate of drug-likeness (QED) is 0.141. The lowest BCUT2D eigenvalue weighted by molar-refractivity contribution is -0.130. The lowest BCUT2D eigenvalue weighted by atomic mass is 9.78. The number of aryl methyl sites for hydroxylation is 2. The topological polar surface area (TPSA) is 168 Å². The fourth-order valence-corrected chi connectivity index (χ4v) is 5.25. The van der Waals surface area contributed by atoms with E-state index in [2.05, 4.69) is 4.72 Å². The van der Waals surface area contributed by atoms with Crippen LogP contribution in [0.3, 0.4) is 0 Å². The zero-order valence-electron chi connectivity index (χ0n) is 21.6. The van der Waals surface area contributed by atoms with E-state index in [0.717, 1.165) is 11.8 Å². The molecule has 210 valence electrons. The Hall–Kier alpha value is -2.54. The molecule has 0 aromatic heterocycles. The van der Waals surface area contributed by atoms with E-state index >= 15 is 0 Å². The van der Waals surface area contributed by atoms with Crippen molar-refractivity contribution in [3.8, 4) is 5.75 Å². The van der Waals surface area contributed by atoms with Gasteiger partial charge in [-0.1, -0.05) is 24.3 Å². The number of β-lactam (4-membered cyclic amide) rings is 1. The predicted molar refractivity (Wildman–Crippen MR) is 143 cm³/mol. The number of carbonyl (C=O) groups is 1. The number of carbonyl (C=O) groups excluding carboxylic acids is 1. The summed E-state index contributed by atoms with van der Waals surface area (Å²) in [5, 5.41) is 48.9. The number of phenolic OH excluding ortho intramolecular Hbond substituents is 1. The fraction of sp³-hybridized carbons (Fsp3) is 0.519. The molecule has 3 rings (SSSR count). The maximum Gasteiger partial charge on any atom is 0.233 e. The molecule has 1 amide bonds. The summed E-state index contributed by atoms with van der Waals surface area (Å²) in [6.45, 7) is -0.845. The summed E-state index contributed by atoms with van der Waals surface area (Å²) in [5.74, 6) is -0.479. The maximum absolute atomic E-state index is 13.1. The SMILES string of the molecule is CS(=O)(=O)NCCCc1ccc(N2C(=O)C(CCCO)C2c2ccc(CCC(O)(CO)CO)cc2O)cc1. The number of amides is 1. The van der Waals surface area contributed by atoms with Crippen LogP contribution in [0.5, 0.6) is 5.75 Å².